The Morgan fingerprint density at radius 1 is 1.48 bits per heavy atom. The SMILES string of the molecule is COCCOc1ccc(NC(=O)CCC2CCNC2)cn1. The highest BCUT2D eigenvalue weighted by molar-refractivity contribution is 5.90. The third kappa shape index (κ3) is 5.69. The van der Waals surface area contributed by atoms with Crippen molar-refractivity contribution in [3.63, 3.8) is 0 Å². The van der Waals surface area contributed by atoms with E-state index in [1.807, 2.05) is 0 Å². The Labute approximate surface area is 125 Å². The molecular weight excluding hydrogens is 270 g/mol. The summed E-state index contributed by atoms with van der Waals surface area (Å²) in [5.74, 6) is 1.20. The molecular formula is C15H23N3O3. The molecule has 1 aromatic heterocycles. The number of hydrogen-bond acceptors (Lipinski definition) is 5. The first-order chi connectivity index (χ1) is 10.3. The molecule has 1 aliphatic heterocycles. The van der Waals surface area contributed by atoms with E-state index >= 15 is 0 Å². The average Bonchev–Trinajstić information content (AvgIpc) is 3.01. The molecule has 1 fully saturated rings. The molecule has 0 aromatic carbocycles. The van der Waals surface area contributed by atoms with Crippen molar-refractivity contribution >= 4 is 11.6 Å². The molecule has 0 radical (unpaired) electrons. The molecule has 0 spiro atoms. The van der Waals surface area contributed by atoms with Gasteiger partial charge in [-0.3, -0.25) is 4.79 Å². The van der Waals surface area contributed by atoms with Gasteiger partial charge in [-0.2, -0.15) is 0 Å². The molecule has 0 aliphatic carbocycles. The van der Waals surface area contributed by atoms with Gasteiger partial charge in [0.05, 0.1) is 18.5 Å². The highest BCUT2D eigenvalue weighted by Crippen LogP contribution is 2.16. The molecule has 6 nitrogen and oxygen atoms in total. The Kier molecular flexibility index (Phi) is 6.43. The maximum Gasteiger partial charge on any atom is 0.224 e. The van der Waals surface area contributed by atoms with E-state index in [-0.39, 0.29) is 5.91 Å². The molecule has 0 saturated carbocycles. The summed E-state index contributed by atoms with van der Waals surface area (Å²) < 4.78 is 10.3. The number of nitrogens with zero attached hydrogens (tertiary/aromatic N) is 1. The zero-order chi connectivity index (χ0) is 14.9. The number of rotatable bonds is 8. The number of amides is 1. The zero-order valence-electron chi connectivity index (χ0n) is 12.4. The molecule has 1 saturated heterocycles. The van der Waals surface area contributed by atoms with Gasteiger partial charge in [-0.1, -0.05) is 0 Å². The normalized spacial score (nSPS) is 17.7. The van der Waals surface area contributed by atoms with Crippen molar-refractivity contribution in [2.24, 2.45) is 5.92 Å². The van der Waals surface area contributed by atoms with Gasteiger partial charge in [-0.15, -0.1) is 0 Å². The van der Waals surface area contributed by atoms with Gasteiger partial charge >= 0.3 is 0 Å². The maximum absolute atomic E-state index is 11.9. The van der Waals surface area contributed by atoms with Crippen LogP contribution in [0.3, 0.4) is 0 Å². The Morgan fingerprint density at radius 2 is 2.38 bits per heavy atom. The minimum Gasteiger partial charge on any atom is -0.475 e. The van der Waals surface area contributed by atoms with Crippen LogP contribution in [0.15, 0.2) is 18.3 Å². The van der Waals surface area contributed by atoms with Gasteiger partial charge < -0.3 is 20.1 Å². The van der Waals surface area contributed by atoms with E-state index in [1.165, 1.54) is 6.42 Å². The molecule has 21 heavy (non-hydrogen) atoms. The lowest BCUT2D eigenvalue weighted by Crippen LogP contribution is -2.15. The van der Waals surface area contributed by atoms with Crippen molar-refractivity contribution < 1.29 is 14.3 Å². The monoisotopic (exact) mass is 293 g/mol. The highest BCUT2D eigenvalue weighted by atomic mass is 16.5. The van der Waals surface area contributed by atoms with E-state index in [2.05, 4.69) is 15.6 Å². The van der Waals surface area contributed by atoms with Crippen LogP contribution in [0.1, 0.15) is 19.3 Å². The lowest BCUT2D eigenvalue weighted by molar-refractivity contribution is -0.116. The first-order valence-electron chi connectivity index (χ1n) is 7.36. The van der Waals surface area contributed by atoms with Crippen LogP contribution in [0.4, 0.5) is 5.69 Å². The van der Waals surface area contributed by atoms with Gasteiger partial charge in [0.15, 0.2) is 0 Å². The predicted molar refractivity (Wildman–Crippen MR) is 80.4 cm³/mol. The van der Waals surface area contributed by atoms with Crippen molar-refractivity contribution in [3.05, 3.63) is 18.3 Å². The number of anilines is 1. The minimum absolute atomic E-state index is 0.0387. The first kappa shape index (κ1) is 15.7. The molecule has 2 N–H and O–H groups in total. The second-order valence-electron chi connectivity index (χ2n) is 5.17. The summed E-state index contributed by atoms with van der Waals surface area (Å²) in [5, 5.41) is 6.17. The van der Waals surface area contributed by atoms with E-state index in [1.54, 1.807) is 25.4 Å². The Morgan fingerprint density at radius 3 is 3.05 bits per heavy atom. The minimum atomic E-state index is 0.0387. The van der Waals surface area contributed by atoms with Crippen molar-refractivity contribution in [2.75, 3.05) is 38.7 Å². The number of hydrogen-bond donors (Lipinski definition) is 2. The van der Waals surface area contributed by atoms with E-state index in [4.69, 9.17) is 9.47 Å². The maximum atomic E-state index is 11.9. The van der Waals surface area contributed by atoms with E-state index in [9.17, 15) is 4.79 Å². The van der Waals surface area contributed by atoms with Gasteiger partial charge in [0.25, 0.3) is 0 Å². The summed E-state index contributed by atoms with van der Waals surface area (Å²) in [6.07, 6.45) is 4.27. The third-order valence-electron chi connectivity index (χ3n) is 3.50. The van der Waals surface area contributed by atoms with Gasteiger partial charge in [0, 0.05) is 19.6 Å². The van der Waals surface area contributed by atoms with E-state index in [0.29, 0.717) is 37.1 Å². The fourth-order valence-corrected chi connectivity index (χ4v) is 2.29. The Balaban J connectivity index is 1.70. The fraction of sp³-hybridized carbons (Fsp3) is 0.600. The molecule has 6 heteroatoms. The number of methoxy groups -OCH3 is 1. The molecule has 1 amide bonds. The van der Waals surface area contributed by atoms with Gasteiger partial charge in [-0.05, 0) is 37.9 Å². The topological polar surface area (TPSA) is 72.5 Å². The number of carbonyl (C=O) groups excluding carboxylic acids is 1. The van der Waals surface area contributed by atoms with Gasteiger partial charge in [0.2, 0.25) is 11.8 Å². The second kappa shape index (κ2) is 8.59. The standard InChI is InChI=1S/C15H23N3O3/c1-20-8-9-21-15-5-3-13(11-17-15)18-14(19)4-2-12-6-7-16-10-12/h3,5,11-12,16H,2,4,6-10H2,1H3,(H,18,19). The third-order valence-corrected chi connectivity index (χ3v) is 3.50. The van der Waals surface area contributed by atoms with Crippen molar-refractivity contribution in [1.82, 2.24) is 10.3 Å². The van der Waals surface area contributed by atoms with Gasteiger partial charge in [-0.25, -0.2) is 4.98 Å². The lowest BCUT2D eigenvalue weighted by atomic mass is 10.0. The van der Waals surface area contributed by atoms with Crippen LogP contribution in [-0.4, -0.2) is 44.3 Å². The van der Waals surface area contributed by atoms with Crippen LogP contribution in [0.25, 0.3) is 0 Å². The highest BCUT2D eigenvalue weighted by Gasteiger charge is 2.15. The Bertz CT molecular complexity index is 430. The predicted octanol–water partition coefficient (Wildman–Crippen LogP) is 1.43. The number of carbonyl (C=O) groups is 1. The Hall–Kier alpha value is -1.66. The molecule has 1 aliphatic rings. The van der Waals surface area contributed by atoms with Crippen LogP contribution in [0, 0.1) is 5.92 Å². The summed E-state index contributed by atoms with van der Waals surface area (Å²) in [6.45, 7) is 3.09. The van der Waals surface area contributed by atoms with Crippen molar-refractivity contribution in [1.29, 1.82) is 0 Å². The van der Waals surface area contributed by atoms with Crippen molar-refractivity contribution in [3.8, 4) is 5.88 Å². The van der Waals surface area contributed by atoms with Crippen molar-refractivity contribution in [2.45, 2.75) is 19.3 Å². The van der Waals surface area contributed by atoms with Crippen LogP contribution in [0.2, 0.25) is 0 Å². The summed E-state index contributed by atoms with van der Waals surface area (Å²) in [6, 6.07) is 3.54. The lowest BCUT2D eigenvalue weighted by Gasteiger charge is -2.09. The zero-order valence-corrected chi connectivity index (χ0v) is 12.4. The molecule has 2 heterocycles. The smallest absolute Gasteiger partial charge is 0.224 e. The molecule has 1 unspecified atom stereocenters. The molecule has 116 valence electrons. The molecule has 1 aromatic rings. The number of aromatic nitrogens is 1. The van der Waals surface area contributed by atoms with Crippen LogP contribution >= 0.6 is 0 Å². The van der Waals surface area contributed by atoms with E-state index < -0.39 is 0 Å². The second-order valence-corrected chi connectivity index (χ2v) is 5.17. The summed E-state index contributed by atoms with van der Waals surface area (Å²) >= 11 is 0. The average molecular weight is 293 g/mol. The summed E-state index contributed by atoms with van der Waals surface area (Å²) in [5.41, 5.74) is 0.698. The number of nitrogens with one attached hydrogen (secondary N) is 2. The summed E-state index contributed by atoms with van der Waals surface area (Å²) in [4.78, 5) is 16.0. The molecule has 0 bridgehead atoms. The van der Waals surface area contributed by atoms with Crippen LogP contribution in [0.5, 0.6) is 5.88 Å². The van der Waals surface area contributed by atoms with Crippen LogP contribution < -0.4 is 15.4 Å². The first-order valence-corrected chi connectivity index (χ1v) is 7.36. The number of ether oxygens (including phenoxy) is 2. The quantitative estimate of drug-likeness (QED) is 0.710. The molecule has 1 atom stereocenters. The summed E-state index contributed by atoms with van der Waals surface area (Å²) in [7, 11) is 1.62. The number of pyridine rings is 1. The van der Waals surface area contributed by atoms with Crippen LogP contribution in [-0.2, 0) is 9.53 Å². The van der Waals surface area contributed by atoms with E-state index in [0.717, 1.165) is 19.5 Å². The molecule has 2 rings (SSSR count). The van der Waals surface area contributed by atoms with Gasteiger partial charge in [0.1, 0.15) is 6.61 Å². The fourth-order valence-electron chi connectivity index (χ4n) is 2.29. The largest absolute Gasteiger partial charge is 0.475 e.